The standard InChI is InChI=1S/C12H16FN3O4S/c1-14-5-2-6-15(8-7-14)21(19,20)10-3-4-12(16(17)18)11(13)9-10/h3-4,9H,2,5-8H2,1H3. The van der Waals surface area contributed by atoms with E-state index in [0.29, 0.717) is 32.1 Å². The molecule has 1 aliphatic rings. The van der Waals surface area contributed by atoms with Gasteiger partial charge in [0.05, 0.1) is 9.82 Å². The van der Waals surface area contributed by atoms with Crippen molar-refractivity contribution in [1.29, 1.82) is 0 Å². The summed E-state index contributed by atoms with van der Waals surface area (Å²) in [7, 11) is -1.93. The zero-order valence-electron chi connectivity index (χ0n) is 11.5. The Hall–Kier alpha value is -1.58. The van der Waals surface area contributed by atoms with Crippen LogP contribution >= 0.6 is 0 Å². The fraction of sp³-hybridized carbons (Fsp3) is 0.500. The quantitative estimate of drug-likeness (QED) is 0.615. The van der Waals surface area contributed by atoms with E-state index < -0.39 is 26.5 Å². The smallest absolute Gasteiger partial charge is 0.304 e. The maximum Gasteiger partial charge on any atom is 0.304 e. The van der Waals surface area contributed by atoms with Crippen LogP contribution in [0.5, 0.6) is 0 Å². The topological polar surface area (TPSA) is 83.8 Å². The number of likely N-dealkylation sites (N-methyl/N-ethyl adjacent to an activating group) is 1. The molecule has 1 heterocycles. The number of benzene rings is 1. The van der Waals surface area contributed by atoms with Crippen molar-refractivity contribution in [3.05, 3.63) is 34.1 Å². The van der Waals surface area contributed by atoms with Crippen LogP contribution in [0.15, 0.2) is 23.1 Å². The van der Waals surface area contributed by atoms with Crippen molar-refractivity contribution in [3.8, 4) is 0 Å². The van der Waals surface area contributed by atoms with Gasteiger partial charge in [-0.3, -0.25) is 10.1 Å². The van der Waals surface area contributed by atoms with Crippen LogP contribution in [0.25, 0.3) is 0 Å². The van der Waals surface area contributed by atoms with Gasteiger partial charge in [-0.15, -0.1) is 0 Å². The Bertz CT molecular complexity index is 650. The van der Waals surface area contributed by atoms with Crippen molar-refractivity contribution in [1.82, 2.24) is 9.21 Å². The normalized spacial score (nSPS) is 18.4. The fourth-order valence-electron chi connectivity index (χ4n) is 2.21. The van der Waals surface area contributed by atoms with Gasteiger partial charge >= 0.3 is 5.69 Å². The maximum absolute atomic E-state index is 13.6. The van der Waals surface area contributed by atoms with E-state index in [1.54, 1.807) is 0 Å². The van der Waals surface area contributed by atoms with Crippen molar-refractivity contribution in [2.24, 2.45) is 0 Å². The molecule has 0 aromatic heterocycles. The van der Waals surface area contributed by atoms with Crippen LogP contribution < -0.4 is 0 Å². The molecule has 0 bridgehead atoms. The van der Waals surface area contributed by atoms with Gasteiger partial charge in [-0.2, -0.15) is 8.70 Å². The van der Waals surface area contributed by atoms with E-state index in [9.17, 15) is 22.9 Å². The molecular weight excluding hydrogens is 301 g/mol. The first-order valence-electron chi connectivity index (χ1n) is 6.45. The van der Waals surface area contributed by atoms with Gasteiger partial charge in [-0.1, -0.05) is 0 Å². The number of nitro groups is 1. The van der Waals surface area contributed by atoms with Crippen molar-refractivity contribution < 1.29 is 17.7 Å². The van der Waals surface area contributed by atoms with Crippen LogP contribution in [-0.2, 0) is 10.0 Å². The third-order valence-electron chi connectivity index (χ3n) is 3.43. The molecule has 0 radical (unpaired) electrons. The van der Waals surface area contributed by atoms with Crippen LogP contribution in [0.3, 0.4) is 0 Å². The number of halogens is 1. The van der Waals surface area contributed by atoms with Gasteiger partial charge in [-0.05, 0) is 26.1 Å². The lowest BCUT2D eigenvalue weighted by atomic mass is 10.3. The predicted molar refractivity (Wildman–Crippen MR) is 73.9 cm³/mol. The monoisotopic (exact) mass is 317 g/mol. The zero-order chi connectivity index (χ0) is 15.6. The summed E-state index contributed by atoms with van der Waals surface area (Å²) in [4.78, 5) is 11.4. The summed E-state index contributed by atoms with van der Waals surface area (Å²) in [6, 6.07) is 2.67. The second kappa shape index (κ2) is 6.04. The molecular formula is C12H16FN3O4S. The Kier molecular flexibility index (Phi) is 4.55. The molecule has 0 spiro atoms. The molecule has 1 saturated heterocycles. The molecule has 7 nitrogen and oxygen atoms in total. The lowest BCUT2D eigenvalue weighted by Gasteiger charge is -2.20. The van der Waals surface area contributed by atoms with Gasteiger partial charge in [0, 0.05) is 31.8 Å². The molecule has 0 amide bonds. The highest BCUT2D eigenvalue weighted by Gasteiger charge is 2.28. The summed E-state index contributed by atoms with van der Waals surface area (Å²) < 4.78 is 39.8. The highest BCUT2D eigenvalue weighted by Crippen LogP contribution is 2.23. The molecule has 0 N–H and O–H groups in total. The van der Waals surface area contributed by atoms with Crippen molar-refractivity contribution in [3.63, 3.8) is 0 Å². The second-order valence-electron chi connectivity index (χ2n) is 4.93. The summed E-state index contributed by atoms with van der Waals surface area (Å²) in [6.07, 6.45) is 0.686. The van der Waals surface area contributed by atoms with E-state index in [4.69, 9.17) is 0 Å². The molecule has 0 saturated carbocycles. The minimum Gasteiger partial charge on any atom is -0.305 e. The molecule has 1 aromatic rings. The van der Waals surface area contributed by atoms with Gasteiger partial charge < -0.3 is 4.90 Å². The Morgan fingerprint density at radius 1 is 1.24 bits per heavy atom. The Morgan fingerprint density at radius 2 is 1.95 bits per heavy atom. The fourth-order valence-corrected chi connectivity index (χ4v) is 3.69. The predicted octanol–water partition coefficient (Wildman–Crippen LogP) is 1.06. The highest BCUT2D eigenvalue weighted by molar-refractivity contribution is 7.89. The average Bonchev–Trinajstić information content (AvgIpc) is 2.63. The van der Waals surface area contributed by atoms with Gasteiger partial charge in [0.1, 0.15) is 0 Å². The SMILES string of the molecule is CN1CCCN(S(=O)(=O)c2ccc([N+](=O)[O-])c(F)c2)CC1. The molecule has 0 aliphatic carbocycles. The number of rotatable bonds is 3. The van der Waals surface area contributed by atoms with Gasteiger partial charge in [-0.25, -0.2) is 8.42 Å². The molecule has 116 valence electrons. The number of nitrogens with zero attached hydrogens (tertiary/aromatic N) is 3. The number of nitro benzene ring substituents is 1. The van der Waals surface area contributed by atoms with E-state index in [1.807, 2.05) is 11.9 Å². The van der Waals surface area contributed by atoms with Gasteiger partial charge in [0.15, 0.2) is 0 Å². The van der Waals surface area contributed by atoms with Crippen LogP contribution in [0.2, 0.25) is 0 Å². The maximum atomic E-state index is 13.6. The minimum absolute atomic E-state index is 0.254. The summed E-state index contributed by atoms with van der Waals surface area (Å²) in [6.45, 7) is 2.05. The van der Waals surface area contributed by atoms with Crippen molar-refractivity contribution >= 4 is 15.7 Å². The lowest BCUT2D eigenvalue weighted by molar-refractivity contribution is -0.387. The summed E-state index contributed by atoms with van der Waals surface area (Å²) in [5, 5.41) is 10.6. The molecule has 1 aliphatic heterocycles. The molecule has 2 rings (SSSR count). The third-order valence-corrected chi connectivity index (χ3v) is 5.33. The molecule has 1 fully saturated rings. The first-order valence-corrected chi connectivity index (χ1v) is 7.89. The minimum atomic E-state index is -3.83. The van der Waals surface area contributed by atoms with Crippen molar-refractivity contribution in [2.75, 3.05) is 33.2 Å². The van der Waals surface area contributed by atoms with E-state index >= 15 is 0 Å². The van der Waals surface area contributed by atoms with Crippen LogP contribution in [0.4, 0.5) is 10.1 Å². The molecule has 0 unspecified atom stereocenters. The second-order valence-corrected chi connectivity index (χ2v) is 6.87. The first-order chi connectivity index (χ1) is 9.82. The van der Waals surface area contributed by atoms with Crippen LogP contribution in [0.1, 0.15) is 6.42 Å². The van der Waals surface area contributed by atoms with E-state index in [1.165, 1.54) is 4.31 Å². The lowest BCUT2D eigenvalue weighted by Crippen LogP contribution is -2.34. The summed E-state index contributed by atoms with van der Waals surface area (Å²) >= 11 is 0. The van der Waals surface area contributed by atoms with E-state index in [-0.39, 0.29) is 4.90 Å². The first kappa shape index (κ1) is 15.8. The third kappa shape index (κ3) is 3.36. The molecule has 9 heteroatoms. The highest BCUT2D eigenvalue weighted by atomic mass is 32.2. The van der Waals surface area contributed by atoms with Crippen molar-refractivity contribution in [2.45, 2.75) is 11.3 Å². The molecule has 21 heavy (non-hydrogen) atoms. The Balaban J connectivity index is 2.31. The molecule has 0 atom stereocenters. The summed E-state index contributed by atoms with van der Waals surface area (Å²) in [5.74, 6) is -1.15. The number of hydrogen-bond acceptors (Lipinski definition) is 5. The summed E-state index contributed by atoms with van der Waals surface area (Å²) in [5.41, 5.74) is -0.732. The van der Waals surface area contributed by atoms with Crippen LogP contribution in [0, 0.1) is 15.9 Å². The molecule has 1 aromatic carbocycles. The van der Waals surface area contributed by atoms with Crippen LogP contribution in [-0.4, -0.2) is 55.8 Å². The Labute approximate surface area is 122 Å². The number of hydrogen-bond donors (Lipinski definition) is 0. The Morgan fingerprint density at radius 3 is 2.57 bits per heavy atom. The van der Waals surface area contributed by atoms with Gasteiger partial charge in [0.25, 0.3) is 0 Å². The van der Waals surface area contributed by atoms with E-state index in [0.717, 1.165) is 18.7 Å². The largest absolute Gasteiger partial charge is 0.305 e. The zero-order valence-corrected chi connectivity index (χ0v) is 12.3. The van der Waals surface area contributed by atoms with E-state index in [2.05, 4.69) is 0 Å². The number of sulfonamides is 1. The average molecular weight is 317 g/mol. The van der Waals surface area contributed by atoms with Gasteiger partial charge in [0.2, 0.25) is 15.8 Å².